The lowest BCUT2D eigenvalue weighted by atomic mass is 9.99. The van der Waals surface area contributed by atoms with Crippen LogP contribution in [0.3, 0.4) is 0 Å². The zero-order valence-electron chi connectivity index (χ0n) is 19.8. The van der Waals surface area contributed by atoms with Crippen molar-refractivity contribution < 1.29 is 28.7 Å². The molecule has 2 aromatic carbocycles. The second-order valence-corrected chi connectivity index (χ2v) is 8.37. The molecule has 1 aliphatic rings. The SMILES string of the molecule is CCC1(C)NC(=O)N(CC(=O)OCC(=O)Nc2ccccc2C(=O)NC(C)c2ccccc2)C1=O. The van der Waals surface area contributed by atoms with E-state index in [4.69, 9.17) is 4.74 Å². The standard InChI is InChI=1S/C25H28N4O6/c1-4-25(3)23(33)29(24(34)28-25)14-21(31)35-15-20(30)27-19-13-9-8-12-18(19)22(32)26-16(2)17-10-6-5-7-11-17/h5-13,16H,4,14-15H2,1-3H3,(H,26,32)(H,27,30)(H,28,34). The highest BCUT2D eigenvalue weighted by Crippen LogP contribution is 2.21. The smallest absolute Gasteiger partial charge is 0.326 e. The second kappa shape index (κ2) is 10.8. The third-order valence-corrected chi connectivity index (χ3v) is 5.80. The summed E-state index contributed by atoms with van der Waals surface area (Å²) >= 11 is 0. The first-order chi connectivity index (χ1) is 16.6. The summed E-state index contributed by atoms with van der Waals surface area (Å²) in [5.41, 5.74) is 0.350. The molecule has 1 saturated heterocycles. The van der Waals surface area contributed by atoms with E-state index >= 15 is 0 Å². The monoisotopic (exact) mass is 480 g/mol. The summed E-state index contributed by atoms with van der Waals surface area (Å²) in [5.74, 6) is -2.50. The van der Waals surface area contributed by atoms with E-state index in [0.717, 1.165) is 10.5 Å². The molecule has 1 aliphatic heterocycles. The third kappa shape index (κ3) is 6.03. The third-order valence-electron chi connectivity index (χ3n) is 5.80. The minimum Gasteiger partial charge on any atom is -0.454 e. The number of hydrogen-bond donors (Lipinski definition) is 3. The number of rotatable bonds is 9. The zero-order valence-corrected chi connectivity index (χ0v) is 19.8. The average molecular weight is 481 g/mol. The Kier molecular flexibility index (Phi) is 7.85. The number of esters is 1. The molecule has 1 heterocycles. The first-order valence-electron chi connectivity index (χ1n) is 11.2. The lowest BCUT2D eigenvalue weighted by molar-refractivity contribution is -0.150. The maximum Gasteiger partial charge on any atom is 0.326 e. The summed E-state index contributed by atoms with van der Waals surface area (Å²) in [6.07, 6.45) is 0.364. The van der Waals surface area contributed by atoms with Crippen molar-refractivity contribution in [2.45, 2.75) is 38.8 Å². The fourth-order valence-corrected chi connectivity index (χ4v) is 3.53. The van der Waals surface area contributed by atoms with Crippen LogP contribution in [0.1, 0.15) is 49.2 Å². The van der Waals surface area contributed by atoms with E-state index in [0.29, 0.717) is 6.42 Å². The maximum absolute atomic E-state index is 12.8. The van der Waals surface area contributed by atoms with Gasteiger partial charge in [-0.1, -0.05) is 49.4 Å². The number of carbonyl (C=O) groups excluding carboxylic acids is 5. The van der Waals surface area contributed by atoms with E-state index in [1.807, 2.05) is 37.3 Å². The number of para-hydroxylation sites is 1. The molecule has 0 spiro atoms. The highest BCUT2D eigenvalue weighted by molar-refractivity contribution is 6.08. The van der Waals surface area contributed by atoms with Gasteiger partial charge in [0.1, 0.15) is 12.1 Å². The molecule has 2 unspecified atom stereocenters. The molecule has 5 amide bonds. The fraction of sp³-hybridized carbons (Fsp3) is 0.320. The van der Waals surface area contributed by atoms with Gasteiger partial charge in [-0.2, -0.15) is 0 Å². The van der Waals surface area contributed by atoms with Gasteiger partial charge < -0.3 is 20.7 Å². The lowest BCUT2D eigenvalue weighted by Crippen LogP contribution is -2.43. The first-order valence-corrected chi connectivity index (χ1v) is 11.2. The molecule has 10 heteroatoms. The quantitative estimate of drug-likeness (QED) is 0.373. The number of amides is 5. The molecule has 0 aliphatic carbocycles. The van der Waals surface area contributed by atoms with E-state index in [2.05, 4.69) is 16.0 Å². The summed E-state index contributed by atoms with van der Waals surface area (Å²) in [5, 5.41) is 7.98. The van der Waals surface area contributed by atoms with Crippen LogP contribution in [0.25, 0.3) is 0 Å². The lowest BCUT2D eigenvalue weighted by Gasteiger charge is -2.19. The Bertz CT molecular complexity index is 1140. The van der Waals surface area contributed by atoms with Gasteiger partial charge in [0.25, 0.3) is 17.7 Å². The summed E-state index contributed by atoms with van der Waals surface area (Å²) in [6.45, 7) is 3.90. The topological polar surface area (TPSA) is 134 Å². The summed E-state index contributed by atoms with van der Waals surface area (Å²) in [6, 6.07) is 14.9. The number of anilines is 1. The van der Waals surface area contributed by atoms with Crippen LogP contribution >= 0.6 is 0 Å². The van der Waals surface area contributed by atoms with E-state index in [1.54, 1.807) is 38.1 Å². The van der Waals surface area contributed by atoms with E-state index in [-0.39, 0.29) is 23.2 Å². The number of nitrogens with one attached hydrogen (secondary N) is 3. The normalized spacial score (nSPS) is 18.0. The van der Waals surface area contributed by atoms with Crippen LogP contribution in [0.4, 0.5) is 10.5 Å². The van der Waals surface area contributed by atoms with Crippen LogP contribution in [0, 0.1) is 0 Å². The molecule has 10 nitrogen and oxygen atoms in total. The summed E-state index contributed by atoms with van der Waals surface area (Å²) < 4.78 is 4.93. The minimum atomic E-state index is -1.07. The van der Waals surface area contributed by atoms with Gasteiger partial charge in [-0.05, 0) is 38.0 Å². The van der Waals surface area contributed by atoms with E-state index < -0.39 is 42.5 Å². The van der Waals surface area contributed by atoms with Gasteiger partial charge in [0.05, 0.1) is 17.3 Å². The number of benzene rings is 2. The maximum atomic E-state index is 12.8. The molecule has 0 aromatic heterocycles. The van der Waals surface area contributed by atoms with Crippen LogP contribution in [0.2, 0.25) is 0 Å². The average Bonchev–Trinajstić information content (AvgIpc) is 3.06. The van der Waals surface area contributed by atoms with Crippen LogP contribution < -0.4 is 16.0 Å². The van der Waals surface area contributed by atoms with Gasteiger partial charge in [-0.3, -0.25) is 24.1 Å². The first kappa shape index (κ1) is 25.4. The molecule has 2 atom stereocenters. The molecule has 0 radical (unpaired) electrons. The van der Waals surface area contributed by atoms with Gasteiger partial charge in [-0.15, -0.1) is 0 Å². The van der Waals surface area contributed by atoms with Gasteiger partial charge in [0, 0.05) is 0 Å². The predicted octanol–water partition coefficient (Wildman–Crippen LogP) is 2.38. The highest BCUT2D eigenvalue weighted by Gasteiger charge is 2.47. The molecule has 3 rings (SSSR count). The number of ether oxygens (including phenoxy) is 1. The molecule has 3 N–H and O–H groups in total. The van der Waals surface area contributed by atoms with E-state index in [9.17, 15) is 24.0 Å². The summed E-state index contributed by atoms with van der Waals surface area (Å²) in [4.78, 5) is 62.5. The zero-order chi connectivity index (χ0) is 25.6. The Morgan fingerprint density at radius 3 is 2.37 bits per heavy atom. The van der Waals surface area contributed by atoms with Crippen LogP contribution in [-0.4, -0.2) is 53.3 Å². The van der Waals surface area contributed by atoms with Crippen molar-refractivity contribution in [3.8, 4) is 0 Å². The van der Waals surface area contributed by atoms with Crippen LogP contribution in [-0.2, 0) is 19.1 Å². The van der Waals surface area contributed by atoms with Crippen molar-refractivity contribution in [1.29, 1.82) is 0 Å². The molecule has 1 fully saturated rings. The number of imide groups is 1. The van der Waals surface area contributed by atoms with Crippen molar-refractivity contribution in [1.82, 2.24) is 15.5 Å². The summed E-state index contributed by atoms with van der Waals surface area (Å²) in [7, 11) is 0. The van der Waals surface area contributed by atoms with Crippen LogP contribution in [0.5, 0.6) is 0 Å². The van der Waals surface area contributed by atoms with Crippen molar-refractivity contribution >= 4 is 35.4 Å². The van der Waals surface area contributed by atoms with Crippen molar-refractivity contribution in [3.05, 3.63) is 65.7 Å². The Morgan fingerprint density at radius 1 is 1.06 bits per heavy atom. The van der Waals surface area contributed by atoms with Crippen LogP contribution in [0.15, 0.2) is 54.6 Å². The molecule has 35 heavy (non-hydrogen) atoms. The second-order valence-electron chi connectivity index (χ2n) is 8.37. The minimum absolute atomic E-state index is 0.244. The molecule has 2 aromatic rings. The molecule has 184 valence electrons. The largest absolute Gasteiger partial charge is 0.454 e. The number of nitrogens with zero attached hydrogens (tertiary/aromatic N) is 1. The van der Waals surface area contributed by atoms with Gasteiger partial charge >= 0.3 is 12.0 Å². The highest BCUT2D eigenvalue weighted by atomic mass is 16.5. The Labute approximate surface area is 203 Å². The van der Waals surface area contributed by atoms with Crippen molar-refractivity contribution in [2.75, 3.05) is 18.5 Å². The van der Waals surface area contributed by atoms with Gasteiger partial charge in [-0.25, -0.2) is 4.79 Å². The fourth-order valence-electron chi connectivity index (χ4n) is 3.53. The van der Waals surface area contributed by atoms with Gasteiger partial charge in [0.15, 0.2) is 6.61 Å². The number of carbonyl (C=O) groups is 5. The Hall–Kier alpha value is -4.21. The van der Waals surface area contributed by atoms with Crippen molar-refractivity contribution in [3.63, 3.8) is 0 Å². The van der Waals surface area contributed by atoms with Crippen molar-refractivity contribution in [2.24, 2.45) is 0 Å². The number of hydrogen-bond acceptors (Lipinski definition) is 6. The molecule has 0 bridgehead atoms. The predicted molar refractivity (Wildman–Crippen MR) is 127 cm³/mol. The molecule has 0 saturated carbocycles. The van der Waals surface area contributed by atoms with E-state index in [1.165, 1.54) is 0 Å². The Balaban J connectivity index is 1.55. The number of urea groups is 1. The Morgan fingerprint density at radius 2 is 1.71 bits per heavy atom. The molecular weight excluding hydrogens is 452 g/mol. The molecular formula is C25H28N4O6. The van der Waals surface area contributed by atoms with Gasteiger partial charge in [0.2, 0.25) is 0 Å².